The summed E-state index contributed by atoms with van der Waals surface area (Å²) in [7, 11) is 0. The standard InChI is InChI=1S/C20H24O7/c1-6-8(2)18(22)24-11-7-9(3)13(21)15-16(25-15)20(5)17(27-20)14-12(11)10(4)19(23)26-14/h6,11-17,21H,3-4,7H2,1-2,5H3/b8-6+/t11-,12-,13+,14+,15+,16+,17-,20+/m1/s1. The summed E-state index contributed by atoms with van der Waals surface area (Å²) in [6.45, 7) is 13.1. The van der Waals surface area contributed by atoms with E-state index in [2.05, 4.69) is 13.2 Å². The molecule has 0 aromatic rings. The Hall–Kier alpha value is -1.96. The molecule has 3 saturated heterocycles. The molecule has 3 aliphatic heterocycles. The highest BCUT2D eigenvalue weighted by molar-refractivity contribution is 5.91. The van der Waals surface area contributed by atoms with E-state index < -0.39 is 54.0 Å². The van der Waals surface area contributed by atoms with Crippen LogP contribution in [-0.4, -0.2) is 59.3 Å². The zero-order chi connectivity index (χ0) is 19.7. The van der Waals surface area contributed by atoms with Crippen molar-refractivity contribution in [2.45, 2.75) is 69.4 Å². The third kappa shape index (κ3) is 2.76. The van der Waals surface area contributed by atoms with Crippen LogP contribution in [0.5, 0.6) is 0 Å². The number of carbonyl (C=O) groups excluding carboxylic acids is 2. The number of esters is 2. The van der Waals surface area contributed by atoms with Crippen LogP contribution in [0.1, 0.15) is 27.2 Å². The number of fused-ring (bicyclic) bond motifs is 5. The Bertz CT molecular complexity index is 768. The van der Waals surface area contributed by atoms with E-state index in [9.17, 15) is 14.7 Å². The smallest absolute Gasteiger partial charge is 0.334 e. The molecule has 0 unspecified atom stereocenters. The van der Waals surface area contributed by atoms with Crippen molar-refractivity contribution in [1.29, 1.82) is 0 Å². The van der Waals surface area contributed by atoms with Gasteiger partial charge in [0.1, 0.15) is 42.2 Å². The minimum absolute atomic E-state index is 0.177. The van der Waals surface area contributed by atoms with E-state index in [1.807, 2.05) is 6.92 Å². The van der Waals surface area contributed by atoms with Crippen LogP contribution in [0.15, 0.2) is 36.0 Å². The molecule has 4 fully saturated rings. The third-order valence-corrected chi connectivity index (χ3v) is 6.15. The van der Waals surface area contributed by atoms with Crippen LogP contribution in [-0.2, 0) is 28.5 Å². The van der Waals surface area contributed by atoms with Gasteiger partial charge in [-0.05, 0) is 26.3 Å². The van der Waals surface area contributed by atoms with Gasteiger partial charge in [0, 0.05) is 17.6 Å². The topological polar surface area (TPSA) is 97.9 Å². The van der Waals surface area contributed by atoms with E-state index >= 15 is 0 Å². The molecule has 146 valence electrons. The van der Waals surface area contributed by atoms with Crippen LogP contribution >= 0.6 is 0 Å². The number of hydrogen-bond donors (Lipinski definition) is 1. The van der Waals surface area contributed by atoms with Crippen LogP contribution in [0.3, 0.4) is 0 Å². The van der Waals surface area contributed by atoms with Crippen LogP contribution in [0.4, 0.5) is 0 Å². The third-order valence-electron chi connectivity index (χ3n) is 6.15. The van der Waals surface area contributed by atoms with Crippen LogP contribution < -0.4 is 0 Å². The van der Waals surface area contributed by atoms with E-state index in [0.29, 0.717) is 11.1 Å². The monoisotopic (exact) mass is 376 g/mol. The average molecular weight is 376 g/mol. The van der Waals surface area contributed by atoms with Gasteiger partial charge in [-0.3, -0.25) is 0 Å². The second-order valence-electron chi connectivity index (χ2n) is 7.89. The molecule has 7 nitrogen and oxygen atoms in total. The van der Waals surface area contributed by atoms with Crippen molar-refractivity contribution >= 4 is 11.9 Å². The number of aliphatic hydroxyl groups excluding tert-OH is 1. The fraction of sp³-hybridized carbons (Fsp3) is 0.600. The van der Waals surface area contributed by atoms with E-state index in [4.69, 9.17) is 18.9 Å². The van der Waals surface area contributed by atoms with Gasteiger partial charge in [0.2, 0.25) is 0 Å². The van der Waals surface area contributed by atoms with Crippen molar-refractivity contribution in [1.82, 2.24) is 0 Å². The normalized spacial score (nSPS) is 46.0. The second-order valence-corrected chi connectivity index (χ2v) is 7.89. The number of hydrogen-bond acceptors (Lipinski definition) is 7. The highest BCUT2D eigenvalue weighted by atomic mass is 16.7. The van der Waals surface area contributed by atoms with Crippen LogP contribution in [0.2, 0.25) is 0 Å². The van der Waals surface area contributed by atoms with E-state index in [1.54, 1.807) is 19.9 Å². The zero-order valence-electron chi connectivity index (χ0n) is 15.6. The number of ether oxygens (including phenoxy) is 4. The Kier molecular flexibility index (Phi) is 4.10. The predicted molar refractivity (Wildman–Crippen MR) is 93.5 cm³/mol. The Morgan fingerprint density at radius 1 is 1.33 bits per heavy atom. The minimum atomic E-state index is -0.900. The van der Waals surface area contributed by atoms with Gasteiger partial charge in [0.05, 0.1) is 5.92 Å². The van der Waals surface area contributed by atoms with E-state index in [1.165, 1.54) is 0 Å². The van der Waals surface area contributed by atoms with Crippen molar-refractivity contribution in [2.75, 3.05) is 0 Å². The Morgan fingerprint density at radius 3 is 2.70 bits per heavy atom. The Morgan fingerprint density at radius 2 is 2.04 bits per heavy atom. The molecule has 0 bridgehead atoms. The molecule has 7 heteroatoms. The van der Waals surface area contributed by atoms with Crippen molar-refractivity contribution in [3.05, 3.63) is 36.0 Å². The molecule has 0 aromatic carbocycles. The van der Waals surface area contributed by atoms with E-state index in [0.717, 1.165) is 0 Å². The molecule has 3 heterocycles. The van der Waals surface area contributed by atoms with E-state index in [-0.39, 0.29) is 18.1 Å². The first-order valence-corrected chi connectivity index (χ1v) is 9.11. The van der Waals surface area contributed by atoms with Gasteiger partial charge < -0.3 is 24.1 Å². The van der Waals surface area contributed by atoms with Crippen molar-refractivity contribution in [3.8, 4) is 0 Å². The summed E-state index contributed by atoms with van der Waals surface area (Å²) in [4.78, 5) is 24.6. The van der Waals surface area contributed by atoms with Gasteiger partial charge >= 0.3 is 11.9 Å². The summed E-state index contributed by atoms with van der Waals surface area (Å²) in [5.41, 5.74) is 0.505. The van der Waals surface area contributed by atoms with Crippen molar-refractivity contribution < 1.29 is 33.6 Å². The summed E-state index contributed by atoms with van der Waals surface area (Å²) in [5, 5.41) is 10.6. The Balaban J connectivity index is 1.69. The molecule has 1 aliphatic carbocycles. The molecular formula is C20H24O7. The van der Waals surface area contributed by atoms with Crippen molar-refractivity contribution in [2.24, 2.45) is 5.92 Å². The molecule has 0 aromatic heterocycles. The summed E-state index contributed by atoms with van der Waals surface area (Å²) < 4.78 is 22.8. The largest absolute Gasteiger partial charge is 0.458 e. The maximum absolute atomic E-state index is 12.4. The summed E-state index contributed by atoms with van der Waals surface area (Å²) in [6.07, 6.45) is -1.54. The molecule has 4 rings (SSSR count). The first kappa shape index (κ1) is 18.4. The molecule has 27 heavy (non-hydrogen) atoms. The highest BCUT2D eigenvalue weighted by Gasteiger charge is 2.74. The van der Waals surface area contributed by atoms with Gasteiger partial charge in [-0.15, -0.1) is 0 Å². The number of carbonyl (C=O) groups is 2. The minimum Gasteiger partial charge on any atom is -0.458 e. The predicted octanol–water partition coefficient (Wildman–Crippen LogP) is 1.21. The lowest BCUT2D eigenvalue weighted by atomic mass is 9.80. The van der Waals surface area contributed by atoms with Crippen LogP contribution in [0.25, 0.3) is 0 Å². The second kappa shape index (κ2) is 6.02. The Labute approximate surface area is 157 Å². The molecule has 0 radical (unpaired) electrons. The quantitative estimate of drug-likeness (QED) is 0.335. The summed E-state index contributed by atoms with van der Waals surface area (Å²) in [5.74, 6) is -1.59. The lowest BCUT2D eigenvalue weighted by molar-refractivity contribution is -0.148. The number of epoxide rings is 2. The lowest BCUT2D eigenvalue weighted by Crippen LogP contribution is -2.41. The number of rotatable bonds is 2. The van der Waals surface area contributed by atoms with Gasteiger partial charge in [0.25, 0.3) is 0 Å². The first-order chi connectivity index (χ1) is 12.7. The molecule has 0 spiro atoms. The SMILES string of the molecule is C=C1C(=O)O[C@H]2[C@H]1[C@H](OC(=O)/C(C)=C/C)CC(=C)[C@H](O)[C@@H]1O[C@@H]1[C@]1(C)O[C@H]21. The molecular weight excluding hydrogens is 352 g/mol. The van der Waals surface area contributed by atoms with Gasteiger partial charge in [-0.1, -0.05) is 19.2 Å². The van der Waals surface area contributed by atoms with Gasteiger partial charge in [-0.25, -0.2) is 9.59 Å². The first-order valence-electron chi connectivity index (χ1n) is 9.11. The van der Waals surface area contributed by atoms with Gasteiger partial charge in [-0.2, -0.15) is 0 Å². The number of allylic oxidation sites excluding steroid dienone is 1. The summed E-state index contributed by atoms with van der Waals surface area (Å²) >= 11 is 0. The molecule has 1 saturated carbocycles. The average Bonchev–Trinajstić information content (AvgIpc) is 3.52. The molecule has 1 N–H and O–H groups in total. The lowest BCUT2D eigenvalue weighted by Gasteiger charge is -2.29. The number of aliphatic hydroxyl groups is 1. The maximum atomic E-state index is 12.4. The van der Waals surface area contributed by atoms with Gasteiger partial charge in [0.15, 0.2) is 0 Å². The van der Waals surface area contributed by atoms with Crippen molar-refractivity contribution in [3.63, 3.8) is 0 Å². The summed E-state index contributed by atoms with van der Waals surface area (Å²) in [6, 6.07) is 0. The molecule has 8 atom stereocenters. The zero-order valence-corrected chi connectivity index (χ0v) is 15.6. The fourth-order valence-corrected chi connectivity index (χ4v) is 4.18. The molecule has 0 amide bonds. The highest BCUT2D eigenvalue weighted by Crippen LogP contribution is 2.56. The fourth-order valence-electron chi connectivity index (χ4n) is 4.18. The maximum Gasteiger partial charge on any atom is 0.334 e. The molecule has 4 aliphatic rings. The van der Waals surface area contributed by atoms with Crippen LogP contribution in [0, 0.1) is 5.92 Å².